The summed E-state index contributed by atoms with van der Waals surface area (Å²) in [5, 5.41) is 0. The van der Waals surface area contributed by atoms with Gasteiger partial charge in [-0.25, -0.2) is 9.59 Å². The van der Waals surface area contributed by atoms with Gasteiger partial charge in [-0.05, 0) is 40.2 Å². The molecule has 0 saturated carbocycles. The van der Waals surface area contributed by atoms with E-state index in [0.29, 0.717) is 32.3 Å². The molecule has 7 heteroatoms. The summed E-state index contributed by atoms with van der Waals surface area (Å²) < 4.78 is 11.0. The lowest BCUT2D eigenvalue weighted by atomic mass is 9.94. The van der Waals surface area contributed by atoms with Gasteiger partial charge >= 0.3 is 12.2 Å². The largest absolute Gasteiger partial charge is 0.445 e. The van der Waals surface area contributed by atoms with Crippen molar-refractivity contribution in [1.29, 1.82) is 0 Å². The number of hydrogen-bond donors (Lipinski definition) is 0. The molecule has 0 spiro atoms. The molecule has 1 aromatic rings. The number of amides is 2. The Hall–Kier alpha value is -2.28. The topological polar surface area (TPSA) is 62.3 Å². The van der Waals surface area contributed by atoms with E-state index >= 15 is 0 Å². The molecule has 1 aromatic carbocycles. The van der Waals surface area contributed by atoms with Crippen molar-refractivity contribution in [3.63, 3.8) is 0 Å². The van der Waals surface area contributed by atoms with Crippen LogP contribution in [0.25, 0.3) is 0 Å². The number of nitrogens with zero attached hydrogens (tertiary/aromatic N) is 3. The highest BCUT2D eigenvalue weighted by Crippen LogP contribution is 2.28. The molecule has 3 atom stereocenters. The zero-order valence-corrected chi connectivity index (χ0v) is 18.1. The Morgan fingerprint density at radius 3 is 2.31 bits per heavy atom. The van der Waals surface area contributed by atoms with E-state index in [1.165, 1.54) is 0 Å². The average Bonchev–Trinajstić information content (AvgIpc) is 2.65. The molecule has 2 heterocycles. The molecule has 0 aliphatic carbocycles. The first-order valence-corrected chi connectivity index (χ1v) is 10.4. The van der Waals surface area contributed by atoms with Gasteiger partial charge in [0.15, 0.2) is 0 Å². The summed E-state index contributed by atoms with van der Waals surface area (Å²) in [6.07, 6.45) is -0.519. The van der Waals surface area contributed by atoms with Crippen LogP contribution < -0.4 is 0 Å². The van der Waals surface area contributed by atoms with Crippen molar-refractivity contribution in [2.45, 2.75) is 65.0 Å². The van der Waals surface area contributed by atoms with Crippen molar-refractivity contribution in [3.8, 4) is 0 Å². The Balaban J connectivity index is 1.47. The lowest BCUT2D eigenvalue weighted by Crippen LogP contribution is -2.71. The molecule has 0 N–H and O–H groups in total. The number of rotatable bonds is 3. The third-order valence-corrected chi connectivity index (χ3v) is 5.63. The van der Waals surface area contributed by atoms with Crippen LogP contribution in [0.4, 0.5) is 9.59 Å². The predicted octanol–water partition coefficient (Wildman–Crippen LogP) is 3.34. The minimum atomic E-state index is -0.485. The van der Waals surface area contributed by atoms with Crippen LogP contribution >= 0.6 is 0 Å². The fourth-order valence-electron chi connectivity index (χ4n) is 3.97. The fourth-order valence-corrected chi connectivity index (χ4v) is 3.97. The Morgan fingerprint density at radius 1 is 1.03 bits per heavy atom. The van der Waals surface area contributed by atoms with E-state index in [-0.39, 0.29) is 24.3 Å². The van der Waals surface area contributed by atoms with Gasteiger partial charge in [-0.15, -0.1) is 0 Å². The average molecular weight is 404 g/mol. The first-order valence-electron chi connectivity index (χ1n) is 10.4. The molecule has 7 nitrogen and oxygen atoms in total. The molecule has 2 aliphatic rings. The minimum absolute atomic E-state index is 0.101. The van der Waals surface area contributed by atoms with Gasteiger partial charge in [0, 0.05) is 44.3 Å². The molecular formula is C22H33N3O4. The van der Waals surface area contributed by atoms with Crippen molar-refractivity contribution < 1.29 is 19.1 Å². The first-order chi connectivity index (χ1) is 13.7. The highest BCUT2D eigenvalue weighted by Gasteiger charge is 2.46. The van der Waals surface area contributed by atoms with Crippen LogP contribution in [-0.2, 0) is 16.1 Å². The van der Waals surface area contributed by atoms with E-state index in [2.05, 4.69) is 18.7 Å². The van der Waals surface area contributed by atoms with Crippen molar-refractivity contribution in [1.82, 2.24) is 14.7 Å². The summed E-state index contributed by atoms with van der Waals surface area (Å²) in [6.45, 7) is 12.8. The Bertz CT molecular complexity index is 719. The second-order valence-corrected chi connectivity index (χ2v) is 9.01. The van der Waals surface area contributed by atoms with Gasteiger partial charge in [-0.3, -0.25) is 4.90 Å². The Morgan fingerprint density at radius 2 is 1.72 bits per heavy atom. The van der Waals surface area contributed by atoms with Crippen molar-refractivity contribution >= 4 is 12.2 Å². The number of carbonyl (C=O) groups excluding carboxylic acids is 2. The van der Waals surface area contributed by atoms with Crippen LogP contribution in [0, 0.1) is 0 Å². The van der Waals surface area contributed by atoms with Gasteiger partial charge in [0.1, 0.15) is 12.2 Å². The standard InChI is InChI=1S/C22H33N3O4/c1-16-13-23(20(26)28-15-18-9-7-6-8-10-18)11-12-24(16)19-14-25(17(19)2)21(27)29-22(3,4)5/h6-10,16-17,19H,11-15H2,1-5H3/t16-,17+,19+/m0/s1. The number of likely N-dealkylation sites (tertiary alicyclic amines) is 1. The quantitative estimate of drug-likeness (QED) is 0.775. The third-order valence-electron chi connectivity index (χ3n) is 5.63. The number of hydrogen-bond acceptors (Lipinski definition) is 5. The molecule has 0 bridgehead atoms. The lowest BCUT2D eigenvalue weighted by molar-refractivity contribution is -0.0667. The minimum Gasteiger partial charge on any atom is -0.445 e. The fraction of sp³-hybridized carbons (Fsp3) is 0.636. The lowest BCUT2D eigenvalue weighted by Gasteiger charge is -2.54. The number of piperazine rings is 1. The van der Waals surface area contributed by atoms with E-state index in [1.807, 2.05) is 51.1 Å². The molecule has 2 aliphatic heterocycles. The molecular weight excluding hydrogens is 370 g/mol. The molecule has 3 rings (SSSR count). The Labute approximate surface area is 173 Å². The maximum absolute atomic E-state index is 12.4. The zero-order chi connectivity index (χ0) is 21.2. The monoisotopic (exact) mass is 403 g/mol. The van der Waals surface area contributed by atoms with E-state index in [4.69, 9.17) is 9.47 Å². The second-order valence-electron chi connectivity index (χ2n) is 9.01. The molecule has 0 unspecified atom stereocenters. The van der Waals surface area contributed by atoms with Crippen molar-refractivity contribution in [2.24, 2.45) is 0 Å². The summed E-state index contributed by atoms with van der Waals surface area (Å²) in [5.41, 5.74) is 0.499. The number of carbonyl (C=O) groups is 2. The highest BCUT2D eigenvalue weighted by atomic mass is 16.6. The SMILES string of the molecule is C[C@@H]1[C@H](N2CCN(C(=O)OCc3ccccc3)C[C@@H]2C)CN1C(=O)OC(C)(C)C. The van der Waals surface area contributed by atoms with Crippen molar-refractivity contribution in [3.05, 3.63) is 35.9 Å². The Kier molecular flexibility index (Phi) is 6.36. The smallest absolute Gasteiger partial charge is 0.410 e. The molecule has 2 amide bonds. The number of benzene rings is 1. The van der Waals surface area contributed by atoms with Gasteiger partial charge in [0.2, 0.25) is 0 Å². The summed E-state index contributed by atoms with van der Waals surface area (Å²) in [6, 6.07) is 10.3. The number of ether oxygens (including phenoxy) is 2. The second kappa shape index (κ2) is 8.61. The predicted molar refractivity (Wildman–Crippen MR) is 111 cm³/mol. The normalized spacial score (nSPS) is 25.3. The molecule has 2 fully saturated rings. The molecule has 2 saturated heterocycles. The van der Waals surface area contributed by atoms with Crippen LogP contribution in [0.2, 0.25) is 0 Å². The third kappa shape index (κ3) is 5.21. The van der Waals surface area contributed by atoms with E-state index in [9.17, 15) is 9.59 Å². The van der Waals surface area contributed by atoms with Gasteiger partial charge in [-0.1, -0.05) is 30.3 Å². The summed E-state index contributed by atoms with van der Waals surface area (Å²) >= 11 is 0. The van der Waals surface area contributed by atoms with E-state index in [0.717, 1.165) is 12.1 Å². The maximum atomic E-state index is 12.4. The molecule has 0 aromatic heterocycles. The van der Waals surface area contributed by atoms with Crippen LogP contribution in [0.5, 0.6) is 0 Å². The van der Waals surface area contributed by atoms with Crippen LogP contribution in [0.1, 0.15) is 40.2 Å². The van der Waals surface area contributed by atoms with E-state index < -0.39 is 5.60 Å². The van der Waals surface area contributed by atoms with Crippen LogP contribution in [0.3, 0.4) is 0 Å². The van der Waals surface area contributed by atoms with Gasteiger partial charge < -0.3 is 19.3 Å². The maximum Gasteiger partial charge on any atom is 0.410 e. The van der Waals surface area contributed by atoms with Crippen molar-refractivity contribution in [2.75, 3.05) is 26.2 Å². The van der Waals surface area contributed by atoms with E-state index in [1.54, 1.807) is 9.80 Å². The van der Waals surface area contributed by atoms with Gasteiger partial charge in [-0.2, -0.15) is 0 Å². The van der Waals surface area contributed by atoms with Gasteiger partial charge in [0.05, 0.1) is 0 Å². The highest BCUT2D eigenvalue weighted by molar-refractivity contribution is 5.70. The molecule has 160 valence electrons. The van der Waals surface area contributed by atoms with Crippen LogP contribution in [0.15, 0.2) is 30.3 Å². The summed E-state index contributed by atoms with van der Waals surface area (Å²) in [5.74, 6) is 0. The van der Waals surface area contributed by atoms with Gasteiger partial charge in [0.25, 0.3) is 0 Å². The first kappa shape index (κ1) is 21.4. The zero-order valence-electron chi connectivity index (χ0n) is 18.1. The summed E-state index contributed by atoms with van der Waals surface area (Å²) in [4.78, 5) is 30.7. The van der Waals surface area contributed by atoms with Crippen LogP contribution in [-0.4, -0.2) is 76.8 Å². The summed E-state index contributed by atoms with van der Waals surface area (Å²) in [7, 11) is 0. The molecule has 29 heavy (non-hydrogen) atoms. The molecule has 0 radical (unpaired) electrons.